The average molecular weight is 227 g/mol. The molecule has 0 aromatic rings. The van der Waals surface area contributed by atoms with Crippen molar-refractivity contribution in [1.29, 1.82) is 0 Å². The smallest absolute Gasteiger partial charge is 0.311 e. The van der Waals surface area contributed by atoms with Crippen LogP contribution in [0.3, 0.4) is 0 Å². The van der Waals surface area contributed by atoms with Gasteiger partial charge in [-0.25, -0.2) is 0 Å². The van der Waals surface area contributed by atoms with Gasteiger partial charge in [-0.15, -0.1) is 0 Å². The molecule has 0 spiro atoms. The van der Waals surface area contributed by atoms with Crippen molar-refractivity contribution in [3.8, 4) is 0 Å². The number of carbonyl (C=O) groups is 2. The van der Waals surface area contributed by atoms with Gasteiger partial charge in [0.2, 0.25) is 0 Å². The zero-order chi connectivity index (χ0) is 12.1. The van der Waals surface area contributed by atoms with Crippen LogP contribution in [0.25, 0.3) is 0 Å². The van der Waals surface area contributed by atoms with E-state index in [9.17, 15) is 9.59 Å². The summed E-state index contributed by atoms with van der Waals surface area (Å²) >= 11 is 0. The molecule has 1 heterocycles. The van der Waals surface area contributed by atoms with Crippen molar-refractivity contribution in [3.05, 3.63) is 0 Å². The minimum absolute atomic E-state index is 0.352. The molecule has 1 fully saturated rings. The molecule has 1 rings (SSSR count). The van der Waals surface area contributed by atoms with E-state index in [-0.39, 0.29) is 0 Å². The van der Waals surface area contributed by atoms with Crippen LogP contribution in [-0.2, 0) is 9.59 Å². The van der Waals surface area contributed by atoms with E-state index in [2.05, 4.69) is 19.2 Å². The first-order valence-electron chi connectivity index (χ1n) is 5.83. The Balaban J connectivity index is 2.45. The summed E-state index contributed by atoms with van der Waals surface area (Å²) in [6.45, 7) is 6.36. The molecule has 2 amide bonds. The van der Waals surface area contributed by atoms with E-state index in [0.29, 0.717) is 38.0 Å². The third-order valence-corrected chi connectivity index (χ3v) is 3.25. The van der Waals surface area contributed by atoms with Gasteiger partial charge in [0, 0.05) is 26.2 Å². The van der Waals surface area contributed by atoms with E-state index in [1.165, 1.54) is 0 Å². The summed E-state index contributed by atoms with van der Waals surface area (Å²) in [5, 5.41) is 2.50. The van der Waals surface area contributed by atoms with Crippen LogP contribution >= 0.6 is 0 Å². The van der Waals surface area contributed by atoms with Crippen LogP contribution in [0.15, 0.2) is 0 Å². The number of piperidine rings is 1. The molecule has 0 aromatic carbocycles. The molecule has 1 aliphatic heterocycles. The Kier molecular flexibility index (Phi) is 4.73. The second-order valence-corrected chi connectivity index (χ2v) is 4.54. The molecule has 1 saturated heterocycles. The quantitative estimate of drug-likeness (QED) is 0.628. The number of nitrogens with two attached hydrogens (primary N) is 1. The third-order valence-electron chi connectivity index (χ3n) is 3.25. The molecule has 92 valence electrons. The fourth-order valence-electron chi connectivity index (χ4n) is 1.85. The van der Waals surface area contributed by atoms with Gasteiger partial charge in [0.1, 0.15) is 0 Å². The summed E-state index contributed by atoms with van der Waals surface area (Å²) < 4.78 is 0. The van der Waals surface area contributed by atoms with Crippen LogP contribution < -0.4 is 11.1 Å². The van der Waals surface area contributed by atoms with E-state index in [1.807, 2.05) is 0 Å². The van der Waals surface area contributed by atoms with Crippen LogP contribution in [-0.4, -0.2) is 42.9 Å². The van der Waals surface area contributed by atoms with Gasteiger partial charge in [0.15, 0.2) is 0 Å². The van der Waals surface area contributed by atoms with E-state index in [4.69, 9.17) is 5.73 Å². The Morgan fingerprint density at radius 2 is 2.06 bits per heavy atom. The molecule has 1 aliphatic rings. The standard InChI is InChI=1S/C11H21N3O2/c1-8-3-6-14(7-9(8)2)11(16)10(15)13-5-4-12/h8-9H,3-7,12H2,1-2H3,(H,13,15). The number of hydrogen-bond acceptors (Lipinski definition) is 3. The van der Waals surface area contributed by atoms with Crippen molar-refractivity contribution >= 4 is 11.8 Å². The van der Waals surface area contributed by atoms with Gasteiger partial charge in [-0.2, -0.15) is 0 Å². The van der Waals surface area contributed by atoms with Crippen LogP contribution in [0.1, 0.15) is 20.3 Å². The van der Waals surface area contributed by atoms with Crippen LogP contribution in [0, 0.1) is 11.8 Å². The fraction of sp³-hybridized carbons (Fsp3) is 0.818. The second-order valence-electron chi connectivity index (χ2n) is 4.54. The minimum Gasteiger partial charge on any atom is -0.347 e. The molecule has 0 saturated carbocycles. The summed E-state index contributed by atoms with van der Waals surface area (Å²) in [4.78, 5) is 24.8. The van der Waals surface area contributed by atoms with Crippen molar-refractivity contribution in [2.75, 3.05) is 26.2 Å². The molecule has 0 radical (unpaired) electrons. The zero-order valence-corrected chi connectivity index (χ0v) is 10.0. The lowest BCUT2D eigenvalue weighted by Gasteiger charge is -2.34. The number of nitrogens with one attached hydrogen (secondary N) is 1. The summed E-state index contributed by atoms with van der Waals surface area (Å²) in [6, 6.07) is 0. The van der Waals surface area contributed by atoms with E-state index in [1.54, 1.807) is 4.90 Å². The van der Waals surface area contributed by atoms with Gasteiger partial charge < -0.3 is 16.0 Å². The monoisotopic (exact) mass is 227 g/mol. The highest BCUT2D eigenvalue weighted by molar-refractivity contribution is 6.35. The maximum atomic E-state index is 11.7. The van der Waals surface area contributed by atoms with Crippen molar-refractivity contribution in [3.63, 3.8) is 0 Å². The summed E-state index contributed by atoms with van der Waals surface area (Å²) in [5.74, 6) is 0.121. The topological polar surface area (TPSA) is 75.4 Å². The van der Waals surface area contributed by atoms with E-state index in [0.717, 1.165) is 6.42 Å². The van der Waals surface area contributed by atoms with Crippen LogP contribution in [0.5, 0.6) is 0 Å². The van der Waals surface area contributed by atoms with Gasteiger partial charge >= 0.3 is 11.8 Å². The van der Waals surface area contributed by atoms with Gasteiger partial charge in [-0.05, 0) is 18.3 Å². The lowest BCUT2D eigenvalue weighted by atomic mass is 9.88. The summed E-state index contributed by atoms with van der Waals surface area (Å²) in [5.41, 5.74) is 5.26. The lowest BCUT2D eigenvalue weighted by molar-refractivity contribution is -0.147. The Hall–Kier alpha value is -1.10. The van der Waals surface area contributed by atoms with Crippen molar-refractivity contribution in [2.24, 2.45) is 17.6 Å². The van der Waals surface area contributed by atoms with Crippen LogP contribution in [0.2, 0.25) is 0 Å². The number of rotatable bonds is 2. The number of amides is 2. The maximum Gasteiger partial charge on any atom is 0.311 e. The van der Waals surface area contributed by atoms with Crippen molar-refractivity contribution in [1.82, 2.24) is 10.2 Å². The number of nitrogens with zero attached hydrogens (tertiary/aromatic N) is 1. The molecule has 0 bridgehead atoms. The zero-order valence-electron chi connectivity index (χ0n) is 10.0. The Morgan fingerprint density at radius 3 is 2.62 bits per heavy atom. The van der Waals surface area contributed by atoms with Crippen LogP contribution in [0.4, 0.5) is 0 Å². The molecule has 5 heteroatoms. The summed E-state index contributed by atoms with van der Waals surface area (Å²) in [7, 11) is 0. The van der Waals surface area contributed by atoms with E-state index < -0.39 is 11.8 Å². The molecule has 5 nitrogen and oxygen atoms in total. The summed E-state index contributed by atoms with van der Waals surface area (Å²) in [6.07, 6.45) is 0.969. The van der Waals surface area contributed by atoms with E-state index >= 15 is 0 Å². The Bertz CT molecular complexity index is 268. The largest absolute Gasteiger partial charge is 0.347 e. The highest BCUT2D eigenvalue weighted by Gasteiger charge is 2.28. The normalized spacial score (nSPS) is 25.3. The Morgan fingerprint density at radius 1 is 1.38 bits per heavy atom. The van der Waals surface area contributed by atoms with Crippen molar-refractivity contribution < 1.29 is 9.59 Å². The number of likely N-dealkylation sites (tertiary alicyclic amines) is 1. The fourth-order valence-corrected chi connectivity index (χ4v) is 1.85. The molecule has 3 N–H and O–H groups in total. The lowest BCUT2D eigenvalue weighted by Crippen LogP contribution is -2.49. The maximum absolute atomic E-state index is 11.7. The predicted octanol–water partition coefficient (Wildman–Crippen LogP) is -0.434. The SMILES string of the molecule is CC1CCN(C(=O)C(=O)NCCN)CC1C. The predicted molar refractivity (Wildman–Crippen MR) is 61.6 cm³/mol. The van der Waals surface area contributed by atoms with Gasteiger partial charge in [0.25, 0.3) is 0 Å². The van der Waals surface area contributed by atoms with Crippen molar-refractivity contribution in [2.45, 2.75) is 20.3 Å². The number of carbonyl (C=O) groups excluding carboxylic acids is 2. The molecular weight excluding hydrogens is 206 g/mol. The molecule has 2 unspecified atom stereocenters. The molecule has 0 aliphatic carbocycles. The third kappa shape index (κ3) is 3.20. The molecule has 16 heavy (non-hydrogen) atoms. The van der Waals surface area contributed by atoms with Gasteiger partial charge in [-0.3, -0.25) is 9.59 Å². The highest BCUT2D eigenvalue weighted by Crippen LogP contribution is 2.22. The second kappa shape index (κ2) is 5.84. The Labute approximate surface area is 96.4 Å². The first kappa shape index (κ1) is 13.0. The average Bonchev–Trinajstić information content (AvgIpc) is 2.28. The molecular formula is C11H21N3O2. The number of hydrogen-bond donors (Lipinski definition) is 2. The molecule has 0 aromatic heterocycles. The van der Waals surface area contributed by atoms with Gasteiger partial charge in [-0.1, -0.05) is 13.8 Å². The first-order valence-corrected chi connectivity index (χ1v) is 5.83. The molecule has 2 atom stereocenters. The van der Waals surface area contributed by atoms with Gasteiger partial charge in [0.05, 0.1) is 0 Å². The minimum atomic E-state index is -0.535. The first-order chi connectivity index (χ1) is 7.56. The highest BCUT2D eigenvalue weighted by atomic mass is 16.2.